The first-order chi connectivity index (χ1) is 8.97. The van der Waals surface area contributed by atoms with Gasteiger partial charge in [-0.25, -0.2) is 0 Å². The zero-order valence-corrected chi connectivity index (χ0v) is 12.4. The predicted octanol–water partition coefficient (Wildman–Crippen LogP) is 3.65. The predicted molar refractivity (Wildman–Crippen MR) is 79.8 cm³/mol. The van der Waals surface area contributed by atoms with Crippen LogP contribution in [-0.2, 0) is 5.41 Å². The van der Waals surface area contributed by atoms with E-state index >= 15 is 0 Å². The quantitative estimate of drug-likeness (QED) is 0.769. The number of Topliss-reactive ketones (excluding diaryl/α,β-unsaturated/α-hetero) is 1. The molecule has 2 rings (SSSR count). The summed E-state index contributed by atoms with van der Waals surface area (Å²) in [5, 5.41) is 0. The molecule has 1 saturated heterocycles. The van der Waals surface area contributed by atoms with Crippen molar-refractivity contribution in [2.24, 2.45) is 0 Å². The SMILES string of the molecule is CC(C)(C)c1cccc(C(=O)CCN2CCCC2)c1. The first kappa shape index (κ1) is 14.3. The van der Waals surface area contributed by atoms with Crippen LogP contribution < -0.4 is 0 Å². The topological polar surface area (TPSA) is 20.3 Å². The van der Waals surface area contributed by atoms with Gasteiger partial charge in [-0.1, -0.05) is 39.0 Å². The summed E-state index contributed by atoms with van der Waals surface area (Å²) in [6.45, 7) is 9.78. The maximum atomic E-state index is 12.3. The Morgan fingerprint density at radius 2 is 1.89 bits per heavy atom. The zero-order valence-electron chi connectivity index (χ0n) is 12.4. The average Bonchev–Trinajstić information content (AvgIpc) is 2.88. The number of carbonyl (C=O) groups is 1. The molecule has 1 heterocycles. The Morgan fingerprint density at radius 3 is 2.53 bits per heavy atom. The fourth-order valence-electron chi connectivity index (χ4n) is 2.57. The van der Waals surface area contributed by atoms with E-state index in [0.29, 0.717) is 6.42 Å². The van der Waals surface area contributed by atoms with Crippen LogP contribution in [0, 0.1) is 0 Å². The lowest BCUT2D eigenvalue weighted by atomic mass is 9.85. The third-order valence-corrected chi connectivity index (χ3v) is 3.90. The van der Waals surface area contributed by atoms with Crippen LogP contribution in [0.1, 0.15) is 56.0 Å². The number of ketones is 1. The fraction of sp³-hybridized carbons (Fsp3) is 0.588. The Morgan fingerprint density at radius 1 is 1.21 bits per heavy atom. The first-order valence-corrected chi connectivity index (χ1v) is 7.33. The molecule has 0 amide bonds. The summed E-state index contributed by atoms with van der Waals surface area (Å²) in [4.78, 5) is 14.6. The Hall–Kier alpha value is -1.15. The van der Waals surface area contributed by atoms with E-state index in [9.17, 15) is 4.79 Å². The van der Waals surface area contributed by atoms with E-state index < -0.39 is 0 Å². The molecule has 1 fully saturated rings. The summed E-state index contributed by atoms with van der Waals surface area (Å²) in [7, 11) is 0. The molecule has 0 aromatic heterocycles. The van der Waals surface area contributed by atoms with Crippen molar-refractivity contribution < 1.29 is 4.79 Å². The number of likely N-dealkylation sites (tertiary alicyclic amines) is 1. The number of benzene rings is 1. The second kappa shape index (κ2) is 5.87. The minimum atomic E-state index is 0.102. The van der Waals surface area contributed by atoms with Crippen molar-refractivity contribution in [3.63, 3.8) is 0 Å². The van der Waals surface area contributed by atoms with Gasteiger partial charge in [0, 0.05) is 18.5 Å². The molecule has 0 unspecified atom stereocenters. The monoisotopic (exact) mass is 259 g/mol. The molecule has 0 bridgehead atoms. The summed E-state index contributed by atoms with van der Waals surface area (Å²) < 4.78 is 0. The van der Waals surface area contributed by atoms with Gasteiger partial charge in [-0.15, -0.1) is 0 Å². The summed E-state index contributed by atoms with van der Waals surface area (Å²) in [5.41, 5.74) is 2.21. The third-order valence-electron chi connectivity index (χ3n) is 3.90. The number of carbonyl (C=O) groups excluding carboxylic acids is 1. The first-order valence-electron chi connectivity index (χ1n) is 7.33. The van der Waals surface area contributed by atoms with E-state index in [1.807, 2.05) is 12.1 Å². The number of hydrogen-bond acceptors (Lipinski definition) is 2. The fourth-order valence-corrected chi connectivity index (χ4v) is 2.57. The lowest BCUT2D eigenvalue weighted by molar-refractivity contribution is 0.0969. The molecule has 1 aliphatic heterocycles. The van der Waals surface area contributed by atoms with E-state index in [0.717, 1.165) is 25.2 Å². The molecule has 1 aliphatic rings. The minimum absolute atomic E-state index is 0.102. The molecule has 0 N–H and O–H groups in total. The van der Waals surface area contributed by atoms with Gasteiger partial charge >= 0.3 is 0 Å². The Labute approximate surface area is 116 Å². The smallest absolute Gasteiger partial charge is 0.164 e. The van der Waals surface area contributed by atoms with Crippen molar-refractivity contribution in [2.45, 2.75) is 45.4 Å². The van der Waals surface area contributed by atoms with Gasteiger partial charge in [0.15, 0.2) is 5.78 Å². The number of hydrogen-bond donors (Lipinski definition) is 0. The summed E-state index contributed by atoms with van der Waals surface area (Å²) >= 11 is 0. The summed E-state index contributed by atoms with van der Waals surface area (Å²) in [5.74, 6) is 0.276. The molecular formula is C17H25NO. The molecule has 0 spiro atoms. The van der Waals surface area contributed by atoms with Crippen LogP contribution in [0.2, 0.25) is 0 Å². The molecule has 104 valence electrons. The van der Waals surface area contributed by atoms with Gasteiger partial charge in [-0.3, -0.25) is 4.79 Å². The van der Waals surface area contributed by atoms with Gasteiger partial charge in [-0.2, -0.15) is 0 Å². The van der Waals surface area contributed by atoms with E-state index in [2.05, 4.69) is 37.8 Å². The molecular weight excluding hydrogens is 234 g/mol. The number of nitrogens with zero attached hydrogens (tertiary/aromatic N) is 1. The molecule has 2 heteroatoms. The van der Waals surface area contributed by atoms with Crippen molar-refractivity contribution in [1.29, 1.82) is 0 Å². The van der Waals surface area contributed by atoms with Crippen LogP contribution in [0.4, 0.5) is 0 Å². The number of rotatable bonds is 4. The lowest BCUT2D eigenvalue weighted by Crippen LogP contribution is -2.22. The highest BCUT2D eigenvalue weighted by Gasteiger charge is 2.17. The summed E-state index contributed by atoms with van der Waals surface area (Å²) in [6, 6.07) is 8.12. The van der Waals surface area contributed by atoms with E-state index in [4.69, 9.17) is 0 Å². The van der Waals surface area contributed by atoms with Crippen molar-refractivity contribution in [3.05, 3.63) is 35.4 Å². The second-order valence-electron chi connectivity index (χ2n) is 6.55. The average molecular weight is 259 g/mol. The molecule has 0 radical (unpaired) electrons. The largest absolute Gasteiger partial charge is 0.303 e. The van der Waals surface area contributed by atoms with Crippen LogP contribution in [0.5, 0.6) is 0 Å². The second-order valence-corrected chi connectivity index (χ2v) is 6.55. The van der Waals surface area contributed by atoms with Gasteiger partial charge in [0.2, 0.25) is 0 Å². The van der Waals surface area contributed by atoms with Crippen LogP contribution in [-0.4, -0.2) is 30.3 Å². The highest BCUT2D eigenvalue weighted by Crippen LogP contribution is 2.23. The van der Waals surface area contributed by atoms with Gasteiger partial charge < -0.3 is 4.90 Å². The maximum absolute atomic E-state index is 12.3. The molecule has 1 aromatic carbocycles. The minimum Gasteiger partial charge on any atom is -0.303 e. The zero-order chi connectivity index (χ0) is 13.9. The normalized spacial score (nSPS) is 16.8. The molecule has 1 aromatic rings. The molecule has 0 aliphatic carbocycles. The lowest BCUT2D eigenvalue weighted by Gasteiger charge is -2.19. The van der Waals surface area contributed by atoms with Gasteiger partial charge in [0.25, 0.3) is 0 Å². The molecule has 19 heavy (non-hydrogen) atoms. The third kappa shape index (κ3) is 3.90. The molecule has 0 saturated carbocycles. The molecule has 0 atom stereocenters. The van der Waals surface area contributed by atoms with E-state index in [-0.39, 0.29) is 11.2 Å². The van der Waals surface area contributed by atoms with Crippen molar-refractivity contribution in [3.8, 4) is 0 Å². The van der Waals surface area contributed by atoms with Crippen LogP contribution in [0.25, 0.3) is 0 Å². The van der Waals surface area contributed by atoms with Crippen molar-refractivity contribution in [2.75, 3.05) is 19.6 Å². The van der Waals surface area contributed by atoms with Crippen LogP contribution in [0.3, 0.4) is 0 Å². The maximum Gasteiger partial charge on any atom is 0.164 e. The van der Waals surface area contributed by atoms with Crippen molar-refractivity contribution in [1.82, 2.24) is 4.90 Å². The van der Waals surface area contributed by atoms with E-state index in [1.54, 1.807) is 0 Å². The van der Waals surface area contributed by atoms with Gasteiger partial charge in [-0.05, 0) is 43.0 Å². The van der Waals surface area contributed by atoms with Crippen LogP contribution in [0.15, 0.2) is 24.3 Å². The Bertz CT molecular complexity index is 439. The van der Waals surface area contributed by atoms with Gasteiger partial charge in [0.1, 0.15) is 0 Å². The Balaban J connectivity index is 1.98. The molecule has 2 nitrogen and oxygen atoms in total. The van der Waals surface area contributed by atoms with Gasteiger partial charge in [0.05, 0.1) is 0 Å². The standard InChI is InChI=1S/C17H25NO/c1-17(2,3)15-8-6-7-14(13-15)16(19)9-12-18-10-4-5-11-18/h6-8,13H,4-5,9-12H2,1-3H3. The highest BCUT2D eigenvalue weighted by molar-refractivity contribution is 5.96. The highest BCUT2D eigenvalue weighted by atomic mass is 16.1. The van der Waals surface area contributed by atoms with E-state index in [1.165, 1.54) is 18.4 Å². The van der Waals surface area contributed by atoms with Crippen LogP contribution >= 0.6 is 0 Å². The van der Waals surface area contributed by atoms with Crippen molar-refractivity contribution >= 4 is 5.78 Å². The Kier molecular flexibility index (Phi) is 4.41. The summed E-state index contributed by atoms with van der Waals surface area (Å²) in [6.07, 6.45) is 3.22.